The van der Waals surface area contributed by atoms with Crippen LogP contribution in [0.25, 0.3) is 0 Å². The first-order chi connectivity index (χ1) is 8.07. The van der Waals surface area contributed by atoms with Gasteiger partial charge >= 0.3 is 12.0 Å². The van der Waals surface area contributed by atoms with E-state index < -0.39 is 12.1 Å². The molecule has 17 heavy (non-hydrogen) atoms. The summed E-state index contributed by atoms with van der Waals surface area (Å²) >= 11 is 0. The SMILES string of the molecule is C#CCCCCNC(=O)NCCC(O)C(=O)O. The fraction of sp³-hybridized carbons (Fsp3) is 0.636. The molecule has 0 radical (unpaired) electrons. The van der Waals surface area contributed by atoms with Crippen molar-refractivity contribution in [3.05, 3.63) is 0 Å². The van der Waals surface area contributed by atoms with Gasteiger partial charge in [-0.1, -0.05) is 0 Å². The second-order valence-corrected chi connectivity index (χ2v) is 3.49. The minimum Gasteiger partial charge on any atom is -0.479 e. The normalized spacial score (nSPS) is 11.3. The molecule has 96 valence electrons. The third kappa shape index (κ3) is 9.20. The van der Waals surface area contributed by atoms with Crippen LogP contribution >= 0.6 is 0 Å². The van der Waals surface area contributed by atoms with Crippen molar-refractivity contribution in [1.29, 1.82) is 0 Å². The summed E-state index contributed by atoms with van der Waals surface area (Å²) in [6, 6.07) is -0.372. The highest BCUT2D eigenvalue weighted by atomic mass is 16.4. The van der Waals surface area contributed by atoms with Gasteiger partial charge in [-0.3, -0.25) is 0 Å². The van der Waals surface area contributed by atoms with Crippen LogP contribution in [0.2, 0.25) is 0 Å². The molecule has 0 saturated carbocycles. The van der Waals surface area contributed by atoms with Crippen LogP contribution in [-0.2, 0) is 4.79 Å². The molecule has 4 N–H and O–H groups in total. The molecule has 0 heterocycles. The van der Waals surface area contributed by atoms with Crippen LogP contribution in [0.15, 0.2) is 0 Å². The molecule has 1 unspecified atom stereocenters. The third-order valence-corrected chi connectivity index (χ3v) is 2.02. The summed E-state index contributed by atoms with van der Waals surface area (Å²) in [6.07, 6.45) is 5.96. The predicted molar refractivity (Wildman–Crippen MR) is 62.3 cm³/mol. The van der Waals surface area contributed by atoms with E-state index in [-0.39, 0.29) is 19.0 Å². The Labute approximate surface area is 100 Å². The second kappa shape index (κ2) is 9.48. The Morgan fingerprint density at radius 1 is 1.24 bits per heavy atom. The molecule has 0 aromatic carbocycles. The lowest BCUT2D eigenvalue weighted by Crippen LogP contribution is -2.38. The molecule has 0 aliphatic carbocycles. The number of rotatable bonds is 8. The van der Waals surface area contributed by atoms with Crippen LogP contribution in [0.4, 0.5) is 4.79 Å². The molecule has 0 bridgehead atoms. The van der Waals surface area contributed by atoms with E-state index in [2.05, 4.69) is 16.6 Å². The number of terminal acetylenes is 1. The van der Waals surface area contributed by atoms with Crippen molar-refractivity contribution in [3.63, 3.8) is 0 Å². The number of hydrogen-bond acceptors (Lipinski definition) is 3. The molecule has 6 nitrogen and oxygen atoms in total. The number of carboxylic acid groups (broad SMARTS) is 1. The molecule has 1 atom stereocenters. The number of unbranched alkanes of at least 4 members (excludes halogenated alkanes) is 2. The van der Waals surface area contributed by atoms with Gasteiger partial charge in [0, 0.05) is 25.9 Å². The summed E-state index contributed by atoms with van der Waals surface area (Å²) in [6.45, 7) is 0.638. The van der Waals surface area contributed by atoms with Gasteiger partial charge in [-0.05, 0) is 12.8 Å². The Bertz CT molecular complexity index is 286. The monoisotopic (exact) mass is 242 g/mol. The highest BCUT2D eigenvalue weighted by Crippen LogP contribution is 1.91. The average molecular weight is 242 g/mol. The van der Waals surface area contributed by atoms with E-state index in [9.17, 15) is 9.59 Å². The van der Waals surface area contributed by atoms with E-state index >= 15 is 0 Å². The molecule has 0 saturated heterocycles. The Morgan fingerprint density at radius 3 is 2.47 bits per heavy atom. The fourth-order valence-corrected chi connectivity index (χ4v) is 1.06. The molecule has 0 aromatic heterocycles. The van der Waals surface area contributed by atoms with Crippen molar-refractivity contribution in [1.82, 2.24) is 10.6 Å². The van der Waals surface area contributed by atoms with Crippen molar-refractivity contribution >= 4 is 12.0 Å². The van der Waals surface area contributed by atoms with Crippen molar-refractivity contribution < 1.29 is 19.8 Å². The Kier molecular flexibility index (Phi) is 8.51. The molecule has 0 fully saturated rings. The van der Waals surface area contributed by atoms with Crippen LogP contribution in [0, 0.1) is 12.3 Å². The number of aliphatic carboxylic acids is 1. The van der Waals surface area contributed by atoms with E-state index in [1.807, 2.05) is 0 Å². The largest absolute Gasteiger partial charge is 0.479 e. The van der Waals surface area contributed by atoms with Gasteiger partial charge in [-0.15, -0.1) is 12.3 Å². The lowest BCUT2D eigenvalue weighted by molar-refractivity contribution is -0.146. The van der Waals surface area contributed by atoms with Crippen molar-refractivity contribution in [2.75, 3.05) is 13.1 Å². The maximum atomic E-state index is 11.1. The average Bonchev–Trinajstić information content (AvgIpc) is 2.28. The van der Waals surface area contributed by atoms with Gasteiger partial charge in [-0.25, -0.2) is 9.59 Å². The maximum Gasteiger partial charge on any atom is 0.332 e. The van der Waals surface area contributed by atoms with E-state index in [1.165, 1.54) is 0 Å². The lowest BCUT2D eigenvalue weighted by Gasteiger charge is -2.08. The molecule has 0 spiro atoms. The number of amides is 2. The summed E-state index contributed by atoms with van der Waals surface area (Å²) in [5.74, 6) is 1.21. The van der Waals surface area contributed by atoms with Crippen LogP contribution in [-0.4, -0.2) is 41.4 Å². The highest BCUT2D eigenvalue weighted by molar-refractivity contribution is 5.74. The number of nitrogens with one attached hydrogen (secondary N) is 2. The minimum absolute atomic E-state index is 0.0140. The molecule has 0 aliphatic heterocycles. The summed E-state index contributed by atoms with van der Waals surface area (Å²) < 4.78 is 0. The number of aliphatic hydroxyl groups is 1. The molecule has 2 amide bonds. The number of carbonyl (C=O) groups is 2. The zero-order chi connectivity index (χ0) is 13.1. The molecular weight excluding hydrogens is 224 g/mol. The van der Waals surface area contributed by atoms with Gasteiger partial charge in [0.15, 0.2) is 6.10 Å². The maximum absolute atomic E-state index is 11.1. The number of carbonyl (C=O) groups excluding carboxylic acids is 1. The van der Waals surface area contributed by atoms with Crippen LogP contribution in [0.1, 0.15) is 25.7 Å². The Hall–Kier alpha value is -1.74. The van der Waals surface area contributed by atoms with E-state index in [0.717, 1.165) is 12.8 Å². The van der Waals surface area contributed by atoms with Crippen molar-refractivity contribution in [2.45, 2.75) is 31.8 Å². The minimum atomic E-state index is -1.44. The van der Waals surface area contributed by atoms with Gasteiger partial charge < -0.3 is 20.8 Å². The van der Waals surface area contributed by atoms with Gasteiger partial charge in [0.2, 0.25) is 0 Å². The standard InChI is InChI=1S/C11H18N2O4/c1-2-3-4-5-7-12-11(17)13-8-6-9(14)10(15)16/h1,9,14H,3-8H2,(H,15,16)(H2,12,13,17). The first-order valence-electron chi connectivity index (χ1n) is 5.44. The molecule has 0 rings (SSSR count). The van der Waals surface area contributed by atoms with Crippen LogP contribution in [0.3, 0.4) is 0 Å². The molecular formula is C11H18N2O4. The third-order valence-electron chi connectivity index (χ3n) is 2.02. The van der Waals surface area contributed by atoms with Crippen LogP contribution < -0.4 is 10.6 Å². The van der Waals surface area contributed by atoms with Crippen molar-refractivity contribution in [3.8, 4) is 12.3 Å². The first kappa shape index (κ1) is 15.3. The quantitative estimate of drug-likeness (QED) is 0.353. The molecule has 0 aromatic rings. The summed E-state index contributed by atoms with van der Waals surface area (Å²) in [5.41, 5.74) is 0. The molecule has 0 aliphatic rings. The van der Waals surface area contributed by atoms with Gasteiger partial charge in [0.1, 0.15) is 0 Å². The van der Waals surface area contributed by atoms with Gasteiger partial charge in [0.25, 0.3) is 0 Å². The highest BCUT2D eigenvalue weighted by Gasteiger charge is 2.12. The summed E-state index contributed by atoms with van der Waals surface area (Å²) in [7, 11) is 0. The number of hydrogen-bond donors (Lipinski definition) is 4. The van der Waals surface area contributed by atoms with Crippen molar-refractivity contribution in [2.24, 2.45) is 0 Å². The Balaban J connectivity index is 3.41. The Morgan fingerprint density at radius 2 is 1.88 bits per heavy atom. The van der Waals surface area contributed by atoms with E-state index in [0.29, 0.717) is 13.0 Å². The number of urea groups is 1. The van der Waals surface area contributed by atoms with Gasteiger partial charge in [0.05, 0.1) is 0 Å². The number of aliphatic hydroxyl groups excluding tert-OH is 1. The topological polar surface area (TPSA) is 98.7 Å². The van der Waals surface area contributed by atoms with E-state index in [4.69, 9.17) is 16.6 Å². The second-order valence-electron chi connectivity index (χ2n) is 3.49. The molecule has 6 heteroatoms. The number of carboxylic acids is 1. The van der Waals surface area contributed by atoms with Gasteiger partial charge in [-0.2, -0.15) is 0 Å². The zero-order valence-electron chi connectivity index (χ0n) is 9.61. The summed E-state index contributed by atoms with van der Waals surface area (Å²) in [5, 5.41) is 22.3. The zero-order valence-corrected chi connectivity index (χ0v) is 9.61. The fourth-order valence-electron chi connectivity index (χ4n) is 1.06. The first-order valence-corrected chi connectivity index (χ1v) is 5.44. The summed E-state index contributed by atoms with van der Waals surface area (Å²) in [4.78, 5) is 21.4. The van der Waals surface area contributed by atoms with E-state index in [1.54, 1.807) is 0 Å². The lowest BCUT2D eigenvalue weighted by atomic mass is 10.2. The smallest absolute Gasteiger partial charge is 0.332 e. The predicted octanol–water partition coefficient (Wildman–Crippen LogP) is -0.0753. The van der Waals surface area contributed by atoms with Crippen LogP contribution in [0.5, 0.6) is 0 Å².